The van der Waals surface area contributed by atoms with Crippen LogP contribution in [0, 0.1) is 5.82 Å². The summed E-state index contributed by atoms with van der Waals surface area (Å²) >= 11 is 0. The van der Waals surface area contributed by atoms with Crippen LogP contribution >= 0.6 is 0 Å². The zero-order chi connectivity index (χ0) is 21.1. The Labute approximate surface area is 162 Å². The van der Waals surface area contributed by atoms with Crippen LogP contribution in [0.5, 0.6) is 0 Å². The minimum absolute atomic E-state index is 0.222. The van der Waals surface area contributed by atoms with Crippen LogP contribution in [0.4, 0.5) is 23.2 Å². The Balaban J connectivity index is 2.41. The molecule has 0 aromatic carbocycles. The van der Waals surface area contributed by atoms with E-state index < -0.39 is 29.3 Å². The van der Waals surface area contributed by atoms with Gasteiger partial charge in [0.1, 0.15) is 0 Å². The molecule has 1 unspecified atom stereocenters. The lowest BCUT2D eigenvalue weighted by Crippen LogP contribution is -2.46. The van der Waals surface area contributed by atoms with Crippen molar-refractivity contribution in [2.24, 2.45) is 0 Å². The molecule has 1 aliphatic heterocycles. The summed E-state index contributed by atoms with van der Waals surface area (Å²) < 4.78 is 52.6. The highest BCUT2D eigenvalue weighted by atomic mass is 19.4. The lowest BCUT2D eigenvalue weighted by Gasteiger charge is -2.39. The predicted molar refractivity (Wildman–Crippen MR) is 99.0 cm³/mol. The highest BCUT2D eigenvalue weighted by Gasteiger charge is 2.39. The SMILES string of the molecule is CCCCC1=C(NC)CCN(C(=O)c2cnc(C(F)(F)F)c(F)c2N)C1CC. The van der Waals surface area contributed by atoms with Crippen molar-refractivity contribution >= 4 is 11.6 Å². The van der Waals surface area contributed by atoms with Gasteiger partial charge in [-0.25, -0.2) is 9.37 Å². The number of unbranched alkanes of at least 4 members (excludes halogenated alkanes) is 1. The van der Waals surface area contributed by atoms with Crippen molar-refractivity contribution in [2.75, 3.05) is 19.3 Å². The standard InChI is InChI=1S/C19H26F4N4O/c1-4-6-7-11-13(25-3)8-9-27(14(11)5-2)18(28)12-10-26-17(19(21,22)23)15(20)16(12)24/h10,14,25H,4-9H2,1-3H3,(H2,24,26). The Morgan fingerprint density at radius 1 is 1.39 bits per heavy atom. The van der Waals surface area contributed by atoms with E-state index in [1.807, 2.05) is 14.0 Å². The Morgan fingerprint density at radius 3 is 2.61 bits per heavy atom. The Bertz CT molecular complexity index is 761. The van der Waals surface area contributed by atoms with Gasteiger partial charge in [-0.2, -0.15) is 13.2 Å². The molecule has 5 nitrogen and oxygen atoms in total. The highest BCUT2D eigenvalue weighted by Crippen LogP contribution is 2.34. The number of carbonyl (C=O) groups is 1. The number of nitrogens with one attached hydrogen (secondary N) is 1. The Morgan fingerprint density at radius 2 is 2.07 bits per heavy atom. The molecule has 3 N–H and O–H groups in total. The van der Waals surface area contributed by atoms with Gasteiger partial charge in [-0.05, 0) is 24.8 Å². The molecule has 9 heteroatoms. The van der Waals surface area contributed by atoms with Gasteiger partial charge in [0.25, 0.3) is 5.91 Å². The molecule has 1 aromatic rings. The van der Waals surface area contributed by atoms with Gasteiger partial charge >= 0.3 is 6.18 Å². The second kappa shape index (κ2) is 8.79. The number of anilines is 1. The predicted octanol–water partition coefficient (Wildman–Crippen LogP) is 4.11. The summed E-state index contributed by atoms with van der Waals surface area (Å²) in [6, 6.07) is -0.222. The van der Waals surface area contributed by atoms with Gasteiger partial charge in [-0.3, -0.25) is 4.79 Å². The van der Waals surface area contributed by atoms with Crippen LogP contribution in [-0.2, 0) is 6.18 Å². The van der Waals surface area contributed by atoms with E-state index in [4.69, 9.17) is 5.73 Å². The van der Waals surface area contributed by atoms with E-state index in [1.165, 1.54) is 0 Å². The van der Waals surface area contributed by atoms with E-state index in [2.05, 4.69) is 17.2 Å². The molecule has 0 saturated carbocycles. The summed E-state index contributed by atoms with van der Waals surface area (Å²) in [4.78, 5) is 17.7. The summed E-state index contributed by atoms with van der Waals surface area (Å²) in [6.07, 6.45) is -0.276. The van der Waals surface area contributed by atoms with E-state index >= 15 is 0 Å². The number of halogens is 4. The zero-order valence-electron chi connectivity index (χ0n) is 16.3. The molecule has 28 heavy (non-hydrogen) atoms. The minimum atomic E-state index is -4.98. The fourth-order valence-corrected chi connectivity index (χ4v) is 3.64. The smallest absolute Gasteiger partial charge is 0.396 e. The molecular weight excluding hydrogens is 376 g/mol. The van der Waals surface area contributed by atoms with Crippen LogP contribution in [0.2, 0.25) is 0 Å². The highest BCUT2D eigenvalue weighted by molar-refractivity contribution is 5.99. The molecule has 1 atom stereocenters. The normalized spacial score (nSPS) is 17.8. The van der Waals surface area contributed by atoms with Crippen LogP contribution in [0.3, 0.4) is 0 Å². The quantitative estimate of drug-likeness (QED) is 0.703. The maximum atomic E-state index is 14.1. The number of nitrogens with zero attached hydrogens (tertiary/aromatic N) is 2. The van der Waals surface area contributed by atoms with Crippen LogP contribution in [0.15, 0.2) is 17.5 Å². The van der Waals surface area contributed by atoms with Gasteiger partial charge in [-0.15, -0.1) is 0 Å². The first-order valence-electron chi connectivity index (χ1n) is 9.39. The topological polar surface area (TPSA) is 71.2 Å². The lowest BCUT2D eigenvalue weighted by atomic mass is 9.90. The second-order valence-electron chi connectivity index (χ2n) is 6.78. The first kappa shape index (κ1) is 22.0. The molecule has 1 amide bonds. The van der Waals surface area contributed by atoms with Gasteiger partial charge in [0.05, 0.1) is 17.3 Å². The average molecular weight is 402 g/mol. The fraction of sp³-hybridized carbons (Fsp3) is 0.579. The van der Waals surface area contributed by atoms with Crippen molar-refractivity contribution in [2.45, 2.75) is 58.2 Å². The first-order chi connectivity index (χ1) is 13.2. The van der Waals surface area contributed by atoms with Crippen LogP contribution in [-0.4, -0.2) is 35.4 Å². The molecule has 2 heterocycles. The lowest BCUT2D eigenvalue weighted by molar-refractivity contribution is -0.143. The van der Waals surface area contributed by atoms with Crippen molar-refractivity contribution in [1.82, 2.24) is 15.2 Å². The number of aromatic nitrogens is 1. The van der Waals surface area contributed by atoms with Crippen molar-refractivity contribution in [3.8, 4) is 0 Å². The molecule has 1 aromatic heterocycles. The average Bonchev–Trinajstić information content (AvgIpc) is 2.65. The van der Waals surface area contributed by atoms with Crippen LogP contribution in [0.1, 0.15) is 62.0 Å². The number of rotatable bonds is 6. The molecule has 0 aliphatic carbocycles. The third-order valence-corrected chi connectivity index (χ3v) is 5.07. The van der Waals surface area contributed by atoms with E-state index in [0.717, 1.165) is 36.7 Å². The molecule has 0 bridgehead atoms. The summed E-state index contributed by atoms with van der Waals surface area (Å²) in [6.45, 7) is 4.37. The van der Waals surface area contributed by atoms with Gasteiger partial charge in [0.15, 0.2) is 11.5 Å². The molecule has 0 spiro atoms. The third-order valence-electron chi connectivity index (χ3n) is 5.07. The summed E-state index contributed by atoms with van der Waals surface area (Å²) in [5.41, 5.74) is 4.86. The van der Waals surface area contributed by atoms with Gasteiger partial charge in [0, 0.05) is 31.9 Å². The third kappa shape index (κ3) is 4.23. The van der Waals surface area contributed by atoms with E-state index in [1.54, 1.807) is 4.90 Å². The summed E-state index contributed by atoms with van der Waals surface area (Å²) in [5.74, 6) is -2.31. The minimum Gasteiger partial charge on any atom is -0.396 e. The van der Waals surface area contributed by atoms with E-state index in [9.17, 15) is 22.4 Å². The molecule has 1 aliphatic rings. The summed E-state index contributed by atoms with van der Waals surface area (Å²) in [5, 5.41) is 3.19. The number of hydrogen-bond acceptors (Lipinski definition) is 4. The van der Waals surface area contributed by atoms with Crippen molar-refractivity contribution < 1.29 is 22.4 Å². The van der Waals surface area contributed by atoms with E-state index in [-0.39, 0.29) is 11.6 Å². The van der Waals surface area contributed by atoms with Crippen LogP contribution < -0.4 is 11.1 Å². The van der Waals surface area contributed by atoms with Gasteiger partial charge < -0.3 is 16.0 Å². The van der Waals surface area contributed by atoms with Crippen LogP contribution in [0.25, 0.3) is 0 Å². The van der Waals surface area contributed by atoms with Crippen molar-refractivity contribution in [1.29, 1.82) is 0 Å². The number of pyridine rings is 1. The fourth-order valence-electron chi connectivity index (χ4n) is 3.64. The number of hydrogen-bond donors (Lipinski definition) is 2. The van der Waals surface area contributed by atoms with E-state index in [0.29, 0.717) is 19.4 Å². The zero-order valence-corrected chi connectivity index (χ0v) is 16.3. The first-order valence-corrected chi connectivity index (χ1v) is 9.39. The van der Waals surface area contributed by atoms with Gasteiger partial charge in [-0.1, -0.05) is 20.3 Å². The number of amides is 1. The molecular formula is C19H26F4N4O. The molecule has 0 radical (unpaired) electrons. The second-order valence-corrected chi connectivity index (χ2v) is 6.78. The molecule has 156 valence electrons. The van der Waals surface area contributed by atoms with Crippen molar-refractivity contribution in [3.63, 3.8) is 0 Å². The van der Waals surface area contributed by atoms with Gasteiger partial charge in [0.2, 0.25) is 0 Å². The number of carbonyl (C=O) groups excluding carboxylic acids is 1. The number of nitrogens with two attached hydrogens (primary N) is 1. The molecule has 2 rings (SSSR count). The summed E-state index contributed by atoms with van der Waals surface area (Å²) in [7, 11) is 1.83. The maximum absolute atomic E-state index is 14.1. The Kier molecular flexibility index (Phi) is 6.90. The molecule has 0 fully saturated rings. The monoisotopic (exact) mass is 402 g/mol. The largest absolute Gasteiger partial charge is 0.436 e. The maximum Gasteiger partial charge on any atom is 0.436 e. The number of nitrogen functional groups attached to an aromatic ring is 1. The number of alkyl halides is 3. The molecule has 0 saturated heterocycles. The Hall–Kier alpha value is -2.32. The van der Waals surface area contributed by atoms with Crippen molar-refractivity contribution in [3.05, 3.63) is 34.5 Å².